The molecule has 0 unspecified atom stereocenters. The molecule has 5 amide bonds. The molecule has 1 saturated heterocycles. The van der Waals surface area contributed by atoms with Crippen LogP contribution in [0, 0.1) is 0 Å². The van der Waals surface area contributed by atoms with Crippen LogP contribution in [0.1, 0.15) is 17.1 Å². The zero-order valence-corrected chi connectivity index (χ0v) is 18.4. The Morgan fingerprint density at radius 3 is 2.46 bits per heavy atom. The first-order chi connectivity index (χ1) is 17.0. The molecule has 4 heterocycles. The lowest BCUT2D eigenvalue weighted by molar-refractivity contribution is -0.130. The molecule has 5 rings (SSSR count). The first kappa shape index (κ1) is 22.0. The van der Waals surface area contributed by atoms with Gasteiger partial charge in [0, 0.05) is 22.7 Å². The number of carbonyl (C=O) groups is 4. The number of fused-ring (bicyclic) bond motifs is 1. The lowest BCUT2D eigenvalue weighted by Gasteiger charge is -2.25. The second-order valence-corrected chi connectivity index (χ2v) is 7.87. The van der Waals surface area contributed by atoms with Gasteiger partial charge in [-0.2, -0.15) is 0 Å². The second kappa shape index (κ2) is 9.18. The van der Waals surface area contributed by atoms with E-state index in [2.05, 4.69) is 10.6 Å². The monoisotopic (exact) mass is 472 g/mol. The van der Waals surface area contributed by atoms with Crippen molar-refractivity contribution in [3.63, 3.8) is 0 Å². The summed E-state index contributed by atoms with van der Waals surface area (Å²) in [6, 6.07) is 13.3. The number of furan rings is 2. The topological polar surface area (TPSA) is 127 Å². The summed E-state index contributed by atoms with van der Waals surface area (Å²) in [5.74, 6) is -0.717. The van der Waals surface area contributed by atoms with Crippen LogP contribution in [0.15, 0.2) is 81.7 Å². The largest absolute Gasteiger partial charge is 0.467 e. The molecule has 1 fully saturated rings. The van der Waals surface area contributed by atoms with Gasteiger partial charge in [0.05, 0.1) is 25.6 Å². The summed E-state index contributed by atoms with van der Waals surface area (Å²) >= 11 is 0. The van der Waals surface area contributed by atoms with E-state index in [9.17, 15) is 19.2 Å². The van der Waals surface area contributed by atoms with Crippen molar-refractivity contribution in [3.8, 4) is 0 Å². The van der Waals surface area contributed by atoms with E-state index >= 15 is 0 Å². The number of rotatable bonds is 7. The molecule has 0 spiro atoms. The number of amides is 5. The highest BCUT2D eigenvalue weighted by Crippen LogP contribution is 2.25. The van der Waals surface area contributed by atoms with Gasteiger partial charge in [-0.25, -0.2) is 4.79 Å². The minimum Gasteiger partial charge on any atom is -0.467 e. The molecular formula is C25H20N4O6. The van der Waals surface area contributed by atoms with Crippen LogP contribution >= 0.6 is 0 Å². The van der Waals surface area contributed by atoms with Crippen molar-refractivity contribution in [1.82, 2.24) is 20.1 Å². The van der Waals surface area contributed by atoms with Crippen LogP contribution in [-0.2, 0) is 34.0 Å². The maximum atomic E-state index is 13.0. The molecule has 10 nitrogen and oxygen atoms in total. The van der Waals surface area contributed by atoms with Crippen molar-refractivity contribution in [2.45, 2.75) is 19.6 Å². The van der Waals surface area contributed by atoms with Crippen molar-refractivity contribution in [1.29, 1.82) is 0 Å². The zero-order chi connectivity index (χ0) is 24.4. The Morgan fingerprint density at radius 1 is 0.971 bits per heavy atom. The Morgan fingerprint density at radius 2 is 1.71 bits per heavy atom. The van der Waals surface area contributed by atoms with Crippen LogP contribution < -0.4 is 10.6 Å². The number of hydrogen-bond acceptors (Lipinski definition) is 6. The molecule has 1 aliphatic heterocycles. The van der Waals surface area contributed by atoms with E-state index in [-0.39, 0.29) is 31.1 Å². The van der Waals surface area contributed by atoms with Crippen molar-refractivity contribution in [2.75, 3.05) is 0 Å². The minimum absolute atomic E-state index is 0.0215. The van der Waals surface area contributed by atoms with Crippen LogP contribution in [0.25, 0.3) is 17.0 Å². The molecule has 35 heavy (non-hydrogen) atoms. The number of barbiturate groups is 1. The molecule has 0 aliphatic carbocycles. The maximum Gasteiger partial charge on any atom is 0.331 e. The van der Waals surface area contributed by atoms with E-state index in [1.54, 1.807) is 35.0 Å². The van der Waals surface area contributed by atoms with Crippen molar-refractivity contribution in [2.24, 2.45) is 0 Å². The molecule has 0 radical (unpaired) electrons. The van der Waals surface area contributed by atoms with Crippen LogP contribution in [0.4, 0.5) is 4.79 Å². The number of hydrogen-bond donors (Lipinski definition) is 2. The van der Waals surface area contributed by atoms with Crippen LogP contribution in [0.3, 0.4) is 0 Å². The molecule has 3 aromatic heterocycles. The zero-order valence-electron chi connectivity index (χ0n) is 18.4. The summed E-state index contributed by atoms with van der Waals surface area (Å²) < 4.78 is 12.2. The van der Waals surface area contributed by atoms with Gasteiger partial charge in [0.15, 0.2) is 0 Å². The Bertz CT molecular complexity index is 1450. The fraction of sp³-hybridized carbons (Fsp3) is 0.120. The Labute approximate surface area is 198 Å². The van der Waals surface area contributed by atoms with Gasteiger partial charge in [-0.3, -0.25) is 24.6 Å². The third-order valence-corrected chi connectivity index (χ3v) is 5.55. The molecule has 0 bridgehead atoms. The van der Waals surface area contributed by atoms with E-state index in [1.807, 2.05) is 24.3 Å². The fourth-order valence-corrected chi connectivity index (χ4v) is 3.88. The molecule has 176 valence electrons. The van der Waals surface area contributed by atoms with Crippen molar-refractivity contribution in [3.05, 3.63) is 89.9 Å². The molecule has 1 aliphatic rings. The normalized spacial score (nSPS) is 15.1. The van der Waals surface area contributed by atoms with Gasteiger partial charge in [-0.15, -0.1) is 0 Å². The molecular weight excluding hydrogens is 452 g/mol. The molecule has 2 N–H and O–H groups in total. The van der Waals surface area contributed by atoms with Gasteiger partial charge in [0.25, 0.3) is 11.8 Å². The van der Waals surface area contributed by atoms with E-state index in [0.717, 1.165) is 15.8 Å². The molecule has 4 aromatic rings. The van der Waals surface area contributed by atoms with Crippen LogP contribution in [0.5, 0.6) is 0 Å². The standard InChI is InChI=1S/C25H20N4O6/c30-22(26-12-17-5-3-9-34-17)15-28-13-16(19-7-1-2-8-21(19)28)11-20-23(31)27-25(33)29(24(20)32)14-18-6-4-10-35-18/h1-11,13H,12,14-15H2,(H,26,30)(H,27,31,33). The van der Waals surface area contributed by atoms with E-state index < -0.39 is 17.8 Å². The number of para-hydroxylation sites is 1. The third-order valence-electron chi connectivity index (χ3n) is 5.55. The average molecular weight is 472 g/mol. The van der Waals surface area contributed by atoms with Gasteiger partial charge in [-0.1, -0.05) is 18.2 Å². The van der Waals surface area contributed by atoms with Gasteiger partial charge in [0.2, 0.25) is 5.91 Å². The van der Waals surface area contributed by atoms with Crippen LogP contribution in [0.2, 0.25) is 0 Å². The van der Waals surface area contributed by atoms with E-state index in [4.69, 9.17) is 8.83 Å². The molecule has 0 atom stereocenters. The van der Waals surface area contributed by atoms with Crippen LogP contribution in [-0.4, -0.2) is 33.2 Å². The minimum atomic E-state index is -0.816. The summed E-state index contributed by atoms with van der Waals surface area (Å²) in [6.07, 6.45) is 6.09. The maximum absolute atomic E-state index is 13.0. The highest BCUT2D eigenvalue weighted by atomic mass is 16.3. The molecule has 1 aromatic carbocycles. The van der Waals surface area contributed by atoms with Gasteiger partial charge < -0.3 is 18.7 Å². The smallest absolute Gasteiger partial charge is 0.331 e. The highest BCUT2D eigenvalue weighted by Gasteiger charge is 2.36. The number of imide groups is 2. The number of benzene rings is 1. The van der Waals surface area contributed by atoms with Gasteiger partial charge in [0.1, 0.15) is 23.6 Å². The first-order valence-corrected chi connectivity index (χ1v) is 10.8. The summed E-state index contributed by atoms with van der Waals surface area (Å²) in [4.78, 5) is 51.3. The van der Waals surface area contributed by atoms with E-state index in [0.29, 0.717) is 17.1 Å². The predicted octanol–water partition coefficient (Wildman–Crippen LogP) is 2.81. The lowest BCUT2D eigenvalue weighted by atomic mass is 10.1. The summed E-state index contributed by atoms with van der Waals surface area (Å²) in [5.41, 5.74) is 1.12. The first-order valence-electron chi connectivity index (χ1n) is 10.8. The Balaban J connectivity index is 1.42. The number of carbonyl (C=O) groups excluding carboxylic acids is 4. The summed E-state index contributed by atoms with van der Waals surface area (Å²) in [6.45, 7) is 0.170. The Kier molecular flexibility index (Phi) is 5.76. The third kappa shape index (κ3) is 4.49. The van der Waals surface area contributed by atoms with Crippen molar-refractivity contribution >= 4 is 40.7 Å². The summed E-state index contributed by atoms with van der Waals surface area (Å²) in [5, 5.41) is 5.74. The number of urea groups is 1. The SMILES string of the molecule is O=C(Cn1cc(C=C2C(=O)NC(=O)N(Cc3ccco3)C2=O)c2ccccc21)NCc1ccco1. The number of aromatic nitrogens is 1. The van der Waals surface area contributed by atoms with Gasteiger partial charge in [-0.05, 0) is 36.4 Å². The number of nitrogens with one attached hydrogen (secondary N) is 2. The Hall–Kier alpha value is -4.86. The van der Waals surface area contributed by atoms with Gasteiger partial charge >= 0.3 is 6.03 Å². The van der Waals surface area contributed by atoms with Crippen molar-refractivity contribution < 1.29 is 28.0 Å². The second-order valence-electron chi connectivity index (χ2n) is 7.87. The van der Waals surface area contributed by atoms with E-state index in [1.165, 1.54) is 18.6 Å². The molecule has 0 saturated carbocycles. The molecule has 10 heteroatoms. The lowest BCUT2D eigenvalue weighted by Crippen LogP contribution is -2.53. The fourth-order valence-electron chi connectivity index (χ4n) is 3.88. The predicted molar refractivity (Wildman–Crippen MR) is 123 cm³/mol. The highest BCUT2D eigenvalue weighted by molar-refractivity contribution is 6.31. The number of nitrogens with zero attached hydrogens (tertiary/aromatic N) is 2. The quantitative estimate of drug-likeness (QED) is 0.315. The average Bonchev–Trinajstić information content (AvgIpc) is 3.61. The summed E-state index contributed by atoms with van der Waals surface area (Å²) in [7, 11) is 0.